The lowest BCUT2D eigenvalue weighted by molar-refractivity contribution is 0.246. The summed E-state index contributed by atoms with van der Waals surface area (Å²) in [4.78, 5) is 0. The number of hydrogen-bond acceptors (Lipinski definition) is 3. The molecule has 0 amide bonds. The quantitative estimate of drug-likeness (QED) is 0.751. The minimum absolute atomic E-state index is 0.594. The van der Waals surface area contributed by atoms with Gasteiger partial charge >= 0.3 is 0 Å². The van der Waals surface area contributed by atoms with Gasteiger partial charge < -0.3 is 9.47 Å². The molecular formula is C18H19NO2. The van der Waals surface area contributed by atoms with Crippen molar-refractivity contribution in [3.05, 3.63) is 59.2 Å². The van der Waals surface area contributed by atoms with Gasteiger partial charge in [-0.2, -0.15) is 5.26 Å². The van der Waals surface area contributed by atoms with E-state index in [1.54, 1.807) is 12.1 Å². The molecule has 0 saturated carbocycles. The fourth-order valence-corrected chi connectivity index (χ4v) is 1.94. The third kappa shape index (κ3) is 4.25. The van der Waals surface area contributed by atoms with E-state index in [0.717, 1.165) is 17.9 Å². The van der Waals surface area contributed by atoms with E-state index >= 15 is 0 Å². The maximum absolute atomic E-state index is 8.72. The summed E-state index contributed by atoms with van der Waals surface area (Å²) in [5.41, 5.74) is 3.06. The highest BCUT2D eigenvalue weighted by Crippen LogP contribution is 2.20. The van der Waals surface area contributed by atoms with Crippen LogP contribution in [0, 0.1) is 25.2 Å². The summed E-state index contributed by atoms with van der Waals surface area (Å²) in [6, 6.07) is 15.3. The number of nitrogens with zero attached hydrogens (tertiary/aromatic N) is 1. The topological polar surface area (TPSA) is 42.2 Å². The van der Waals surface area contributed by atoms with Crippen molar-refractivity contribution in [2.45, 2.75) is 20.3 Å². The zero-order valence-electron chi connectivity index (χ0n) is 12.4. The van der Waals surface area contributed by atoms with Crippen LogP contribution >= 0.6 is 0 Å². The van der Waals surface area contributed by atoms with E-state index in [2.05, 4.69) is 26.0 Å². The van der Waals surface area contributed by atoms with E-state index in [-0.39, 0.29) is 0 Å². The number of benzene rings is 2. The molecule has 108 valence electrons. The molecule has 2 rings (SSSR count). The minimum Gasteiger partial charge on any atom is -0.493 e. The number of nitriles is 1. The standard InChI is InChI=1S/C18H19NO2/c1-14-5-3-6-18(15(14)2)21-12-4-11-20-17-9-7-16(13-19)8-10-17/h3,5-10H,4,11-12H2,1-2H3. The van der Waals surface area contributed by atoms with Crippen LogP contribution in [0.5, 0.6) is 11.5 Å². The van der Waals surface area contributed by atoms with Crippen molar-refractivity contribution in [1.29, 1.82) is 5.26 Å². The molecule has 0 N–H and O–H groups in total. The highest BCUT2D eigenvalue weighted by Gasteiger charge is 2.01. The van der Waals surface area contributed by atoms with Crippen LogP contribution < -0.4 is 9.47 Å². The maximum atomic E-state index is 8.72. The first-order valence-electron chi connectivity index (χ1n) is 7.02. The average Bonchev–Trinajstić information content (AvgIpc) is 2.51. The monoisotopic (exact) mass is 281 g/mol. The van der Waals surface area contributed by atoms with Gasteiger partial charge in [0.25, 0.3) is 0 Å². The van der Waals surface area contributed by atoms with Gasteiger partial charge in [0.2, 0.25) is 0 Å². The summed E-state index contributed by atoms with van der Waals surface area (Å²) < 4.78 is 11.4. The summed E-state index contributed by atoms with van der Waals surface area (Å²) in [6.07, 6.45) is 0.813. The summed E-state index contributed by atoms with van der Waals surface area (Å²) >= 11 is 0. The molecule has 3 heteroatoms. The van der Waals surface area contributed by atoms with E-state index < -0.39 is 0 Å². The second-order valence-electron chi connectivity index (χ2n) is 4.88. The molecule has 0 aliphatic carbocycles. The predicted molar refractivity (Wildman–Crippen MR) is 82.7 cm³/mol. The van der Waals surface area contributed by atoms with Crippen LogP contribution in [0.4, 0.5) is 0 Å². The molecule has 0 radical (unpaired) electrons. The maximum Gasteiger partial charge on any atom is 0.122 e. The van der Waals surface area contributed by atoms with Crippen LogP contribution in [0.2, 0.25) is 0 Å². The fourth-order valence-electron chi connectivity index (χ4n) is 1.94. The van der Waals surface area contributed by atoms with Crippen molar-refractivity contribution in [2.75, 3.05) is 13.2 Å². The van der Waals surface area contributed by atoms with E-state index in [1.165, 1.54) is 11.1 Å². The van der Waals surface area contributed by atoms with E-state index in [0.29, 0.717) is 18.8 Å². The fraction of sp³-hybridized carbons (Fsp3) is 0.278. The predicted octanol–water partition coefficient (Wildman–Crippen LogP) is 4.02. The first-order chi connectivity index (χ1) is 10.2. The van der Waals surface area contributed by atoms with Crippen molar-refractivity contribution in [3.8, 4) is 17.6 Å². The van der Waals surface area contributed by atoms with Gasteiger partial charge in [-0.1, -0.05) is 12.1 Å². The summed E-state index contributed by atoms with van der Waals surface area (Å²) in [5.74, 6) is 1.72. The third-order valence-electron chi connectivity index (χ3n) is 3.35. The average molecular weight is 281 g/mol. The molecule has 21 heavy (non-hydrogen) atoms. The highest BCUT2D eigenvalue weighted by molar-refractivity contribution is 5.38. The molecule has 0 unspecified atom stereocenters. The second-order valence-corrected chi connectivity index (χ2v) is 4.88. The van der Waals surface area contributed by atoms with Crippen LogP contribution in [-0.2, 0) is 0 Å². The molecule has 0 aliphatic heterocycles. The zero-order valence-corrected chi connectivity index (χ0v) is 12.4. The zero-order chi connectivity index (χ0) is 15.1. The largest absolute Gasteiger partial charge is 0.493 e. The minimum atomic E-state index is 0.594. The SMILES string of the molecule is Cc1cccc(OCCCOc2ccc(C#N)cc2)c1C. The molecular weight excluding hydrogens is 262 g/mol. The normalized spacial score (nSPS) is 9.95. The molecule has 0 heterocycles. The van der Waals surface area contributed by atoms with Crippen LogP contribution in [0.25, 0.3) is 0 Å². The lowest BCUT2D eigenvalue weighted by atomic mass is 10.1. The Bertz CT molecular complexity index is 627. The Hall–Kier alpha value is -2.47. The first kappa shape index (κ1) is 14.9. The van der Waals surface area contributed by atoms with Crippen molar-refractivity contribution < 1.29 is 9.47 Å². The van der Waals surface area contributed by atoms with Gasteiger partial charge in [0.15, 0.2) is 0 Å². The van der Waals surface area contributed by atoms with Gasteiger partial charge in [0.05, 0.1) is 24.8 Å². The van der Waals surface area contributed by atoms with Gasteiger partial charge in [-0.3, -0.25) is 0 Å². The van der Waals surface area contributed by atoms with Crippen molar-refractivity contribution in [1.82, 2.24) is 0 Å². The van der Waals surface area contributed by atoms with Gasteiger partial charge in [-0.25, -0.2) is 0 Å². The van der Waals surface area contributed by atoms with Crippen LogP contribution in [-0.4, -0.2) is 13.2 Å². The van der Waals surface area contributed by atoms with Crippen LogP contribution in [0.3, 0.4) is 0 Å². The number of rotatable bonds is 6. The molecule has 3 nitrogen and oxygen atoms in total. The van der Waals surface area contributed by atoms with Crippen LogP contribution in [0.1, 0.15) is 23.1 Å². The van der Waals surface area contributed by atoms with Gasteiger partial charge in [0, 0.05) is 6.42 Å². The van der Waals surface area contributed by atoms with Gasteiger partial charge in [0.1, 0.15) is 11.5 Å². The number of hydrogen-bond donors (Lipinski definition) is 0. The molecule has 0 fully saturated rings. The Morgan fingerprint density at radius 1 is 0.952 bits per heavy atom. The van der Waals surface area contributed by atoms with Crippen molar-refractivity contribution >= 4 is 0 Å². The summed E-state index contributed by atoms with van der Waals surface area (Å²) in [5, 5.41) is 8.72. The molecule has 0 aromatic heterocycles. The number of ether oxygens (including phenoxy) is 2. The lowest BCUT2D eigenvalue weighted by Gasteiger charge is -2.11. The van der Waals surface area contributed by atoms with Crippen LogP contribution in [0.15, 0.2) is 42.5 Å². The number of aryl methyl sites for hydroxylation is 1. The molecule has 0 bridgehead atoms. The molecule has 2 aromatic carbocycles. The van der Waals surface area contributed by atoms with E-state index in [1.807, 2.05) is 24.3 Å². The van der Waals surface area contributed by atoms with E-state index in [9.17, 15) is 0 Å². The van der Waals surface area contributed by atoms with E-state index in [4.69, 9.17) is 14.7 Å². The Morgan fingerprint density at radius 2 is 1.67 bits per heavy atom. The molecule has 2 aromatic rings. The molecule has 0 saturated heterocycles. The van der Waals surface area contributed by atoms with Gasteiger partial charge in [-0.05, 0) is 55.3 Å². The Balaban J connectivity index is 1.72. The Morgan fingerprint density at radius 3 is 2.38 bits per heavy atom. The Kier molecular flexibility index (Phi) is 5.22. The first-order valence-corrected chi connectivity index (χ1v) is 7.02. The third-order valence-corrected chi connectivity index (χ3v) is 3.35. The summed E-state index contributed by atoms with van der Waals surface area (Å²) in [7, 11) is 0. The highest BCUT2D eigenvalue weighted by atomic mass is 16.5. The molecule has 0 aliphatic rings. The van der Waals surface area contributed by atoms with Gasteiger partial charge in [-0.15, -0.1) is 0 Å². The lowest BCUT2D eigenvalue weighted by Crippen LogP contribution is -2.05. The van der Waals surface area contributed by atoms with Crippen molar-refractivity contribution in [2.24, 2.45) is 0 Å². The molecule has 0 atom stereocenters. The van der Waals surface area contributed by atoms with Crippen molar-refractivity contribution in [3.63, 3.8) is 0 Å². The molecule has 0 spiro atoms. The second kappa shape index (κ2) is 7.35. The smallest absolute Gasteiger partial charge is 0.122 e. The Labute approximate surface area is 125 Å². The summed E-state index contributed by atoms with van der Waals surface area (Å²) in [6.45, 7) is 5.37.